The number of hydrogen-bond donors (Lipinski definition) is 0. The lowest BCUT2D eigenvalue weighted by Gasteiger charge is -2.28. The average Bonchev–Trinajstić information content (AvgIpc) is 2.84. The molecule has 2 aromatic carbocycles. The van der Waals surface area contributed by atoms with Gasteiger partial charge in [-0.2, -0.15) is 5.10 Å². The van der Waals surface area contributed by atoms with Crippen LogP contribution in [-0.4, -0.2) is 22.2 Å². The van der Waals surface area contributed by atoms with Gasteiger partial charge in [0.2, 0.25) is 0 Å². The molecule has 0 saturated heterocycles. The highest BCUT2D eigenvalue weighted by atomic mass is 16.2. The number of amides is 1. The van der Waals surface area contributed by atoms with E-state index in [2.05, 4.69) is 5.10 Å². The van der Waals surface area contributed by atoms with E-state index in [9.17, 15) is 4.79 Å². The first-order valence-corrected chi connectivity index (χ1v) is 7.10. The average molecular weight is 278 g/mol. The molecule has 1 aliphatic heterocycles. The summed E-state index contributed by atoms with van der Waals surface area (Å²) in [7, 11) is 0. The Hall–Kier alpha value is -2.42. The number of benzene rings is 2. The molecule has 21 heavy (non-hydrogen) atoms. The van der Waals surface area contributed by atoms with Gasteiger partial charge >= 0.3 is 0 Å². The highest BCUT2D eigenvalue weighted by Crippen LogP contribution is 2.30. The molecule has 0 aromatic heterocycles. The van der Waals surface area contributed by atoms with Crippen molar-refractivity contribution in [1.82, 2.24) is 5.01 Å². The molecule has 0 radical (unpaired) electrons. The lowest BCUT2D eigenvalue weighted by Crippen LogP contribution is -2.40. The molecule has 0 N–H and O–H groups in total. The Morgan fingerprint density at radius 1 is 1.00 bits per heavy atom. The molecule has 0 aliphatic carbocycles. The van der Waals surface area contributed by atoms with E-state index in [4.69, 9.17) is 0 Å². The fourth-order valence-electron chi connectivity index (χ4n) is 2.59. The van der Waals surface area contributed by atoms with Crippen LogP contribution in [0.25, 0.3) is 0 Å². The summed E-state index contributed by atoms with van der Waals surface area (Å²) in [6, 6.07) is 19.3. The summed E-state index contributed by atoms with van der Waals surface area (Å²) < 4.78 is 0. The molecule has 0 unspecified atom stereocenters. The monoisotopic (exact) mass is 278 g/mol. The minimum absolute atomic E-state index is 0.0495. The molecule has 1 heterocycles. The summed E-state index contributed by atoms with van der Waals surface area (Å²) in [5.41, 5.74) is 2.40. The first-order valence-electron chi connectivity index (χ1n) is 7.10. The molecule has 1 aliphatic rings. The summed E-state index contributed by atoms with van der Waals surface area (Å²) >= 11 is 0. The van der Waals surface area contributed by atoms with Crippen molar-refractivity contribution >= 4 is 11.6 Å². The molecule has 2 aromatic rings. The predicted molar refractivity (Wildman–Crippen MR) is 84.3 cm³/mol. The Balaban J connectivity index is 1.94. The molecule has 1 amide bonds. The molecule has 3 nitrogen and oxygen atoms in total. The largest absolute Gasteiger partial charge is 0.274 e. The number of hydrogen-bond acceptors (Lipinski definition) is 2. The Bertz CT molecular complexity index is 675. The topological polar surface area (TPSA) is 32.7 Å². The lowest BCUT2D eigenvalue weighted by molar-refractivity contribution is 0.0612. The molecule has 0 saturated carbocycles. The molecule has 106 valence electrons. The third kappa shape index (κ3) is 2.59. The summed E-state index contributed by atoms with van der Waals surface area (Å²) in [6.45, 7) is 4.10. The van der Waals surface area contributed by atoms with Gasteiger partial charge in [-0.05, 0) is 31.5 Å². The van der Waals surface area contributed by atoms with Crippen LogP contribution in [0.1, 0.15) is 36.2 Å². The first kappa shape index (κ1) is 13.6. The quantitative estimate of drug-likeness (QED) is 0.824. The van der Waals surface area contributed by atoms with E-state index in [0.29, 0.717) is 5.56 Å². The van der Waals surface area contributed by atoms with Crippen molar-refractivity contribution in [2.75, 3.05) is 0 Å². The van der Waals surface area contributed by atoms with Crippen LogP contribution in [0.4, 0.5) is 0 Å². The van der Waals surface area contributed by atoms with Gasteiger partial charge in [0.1, 0.15) is 0 Å². The van der Waals surface area contributed by atoms with Gasteiger partial charge in [-0.1, -0.05) is 48.5 Å². The molecule has 3 heteroatoms. The standard InChI is InChI=1S/C18H18N2O/c1-18(2)13-16(14-9-5-3-6-10-14)19-20(18)17(21)15-11-7-4-8-12-15/h3-12H,13H2,1-2H3. The molecule has 3 rings (SSSR count). The van der Waals surface area contributed by atoms with Gasteiger partial charge in [0, 0.05) is 12.0 Å². The maximum atomic E-state index is 12.7. The zero-order valence-electron chi connectivity index (χ0n) is 12.3. The van der Waals surface area contributed by atoms with Gasteiger partial charge < -0.3 is 0 Å². The number of nitrogens with zero attached hydrogens (tertiary/aromatic N) is 2. The van der Waals surface area contributed by atoms with Crippen molar-refractivity contribution in [2.45, 2.75) is 25.8 Å². The summed E-state index contributed by atoms with van der Waals surface area (Å²) in [5, 5.41) is 6.20. The molecule has 0 fully saturated rings. The number of carbonyl (C=O) groups excluding carboxylic acids is 1. The molecule has 0 spiro atoms. The van der Waals surface area contributed by atoms with Gasteiger partial charge in [0.05, 0.1) is 11.3 Å². The van der Waals surface area contributed by atoms with E-state index in [0.717, 1.165) is 17.7 Å². The fourth-order valence-corrected chi connectivity index (χ4v) is 2.59. The van der Waals surface area contributed by atoms with E-state index in [-0.39, 0.29) is 11.4 Å². The third-order valence-corrected chi connectivity index (χ3v) is 3.71. The summed E-state index contributed by atoms with van der Waals surface area (Å²) in [5.74, 6) is -0.0495. The molecule has 0 atom stereocenters. The first-order chi connectivity index (χ1) is 10.1. The lowest BCUT2D eigenvalue weighted by atomic mass is 9.94. The van der Waals surface area contributed by atoms with Crippen molar-refractivity contribution in [3.05, 3.63) is 71.8 Å². The van der Waals surface area contributed by atoms with Crippen molar-refractivity contribution in [1.29, 1.82) is 0 Å². The Labute approximate surface area is 124 Å². The zero-order valence-corrected chi connectivity index (χ0v) is 12.3. The number of rotatable bonds is 2. The second-order valence-electron chi connectivity index (χ2n) is 5.88. The second-order valence-corrected chi connectivity index (χ2v) is 5.88. The Kier molecular flexibility index (Phi) is 3.34. The van der Waals surface area contributed by atoms with Crippen molar-refractivity contribution in [2.24, 2.45) is 5.10 Å². The molecular formula is C18H18N2O. The summed E-state index contributed by atoms with van der Waals surface area (Å²) in [4.78, 5) is 12.7. The van der Waals surface area contributed by atoms with Gasteiger partial charge in [0.15, 0.2) is 0 Å². The van der Waals surface area contributed by atoms with Crippen molar-refractivity contribution < 1.29 is 4.79 Å². The third-order valence-electron chi connectivity index (χ3n) is 3.71. The molecule has 0 bridgehead atoms. The zero-order chi connectivity index (χ0) is 14.9. The smallest absolute Gasteiger partial charge is 0.267 e. The fraction of sp³-hybridized carbons (Fsp3) is 0.222. The van der Waals surface area contributed by atoms with Crippen LogP contribution in [0.2, 0.25) is 0 Å². The Morgan fingerprint density at radius 2 is 1.57 bits per heavy atom. The van der Waals surface area contributed by atoms with E-state index < -0.39 is 0 Å². The van der Waals surface area contributed by atoms with Crippen LogP contribution in [0.3, 0.4) is 0 Å². The molecular weight excluding hydrogens is 260 g/mol. The van der Waals surface area contributed by atoms with Gasteiger partial charge in [0.25, 0.3) is 5.91 Å². The van der Waals surface area contributed by atoms with Crippen LogP contribution in [0.15, 0.2) is 65.8 Å². The van der Waals surface area contributed by atoms with Crippen molar-refractivity contribution in [3.8, 4) is 0 Å². The van der Waals surface area contributed by atoms with E-state index in [1.165, 1.54) is 0 Å². The van der Waals surface area contributed by atoms with Gasteiger partial charge in [-0.25, -0.2) is 5.01 Å². The minimum atomic E-state index is -0.307. The predicted octanol–water partition coefficient (Wildman–Crippen LogP) is 3.72. The van der Waals surface area contributed by atoms with Crippen LogP contribution >= 0.6 is 0 Å². The van der Waals surface area contributed by atoms with Crippen LogP contribution < -0.4 is 0 Å². The minimum Gasteiger partial charge on any atom is -0.267 e. The SMILES string of the molecule is CC1(C)CC(c2ccccc2)=NN1C(=O)c1ccccc1. The maximum Gasteiger partial charge on any atom is 0.274 e. The van der Waals surface area contributed by atoms with Crippen molar-refractivity contribution in [3.63, 3.8) is 0 Å². The highest BCUT2D eigenvalue weighted by molar-refractivity contribution is 6.05. The van der Waals surface area contributed by atoms with E-state index in [1.807, 2.05) is 74.5 Å². The maximum absolute atomic E-state index is 12.7. The summed E-state index contributed by atoms with van der Waals surface area (Å²) in [6.07, 6.45) is 0.760. The number of hydrazone groups is 1. The van der Waals surface area contributed by atoms with Crippen LogP contribution in [-0.2, 0) is 0 Å². The van der Waals surface area contributed by atoms with Gasteiger partial charge in [-0.3, -0.25) is 4.79 Å². The number of carbonyl (C=O) groups is 1. The normalized spacial score (nSPS) is 16.7. The second kappa shape index (κ2) is 5.17. The van der Waals surface area contributed by atoms with E-state index in [1.54, 1.807) is 5.01 Å². The van der Waals surface area contributed by atoms with Gasteiger partial charge in [-0.15, -0.1) is 0 Å². The van der Waals surface area contributed by atoms with E-state index >= 15 is 0 Å². The highest BCUT2D eigenvalue weighted by Gasteiger charge is 2.38. The van der Waals surface area contributed by atoms with Crippen LogP contribution in [0, 0.1) is 0 Å². The Morgan fingerprint density at radius 3 is 2.19 bits per heavy atom. The van der Waals surface area contributed by atoms with Crippen LogP contribution in [0.5, 0.6) is 0 Å².